The number of alkyl halides is 3. The van der Waals surface area contributed by atoms with Crippen LogP contribution in [0.3, 0.4) is 0 Å². The van der Waals surface area contributed by atoms with E-state index in [0.717, 1.165) is 0 Å². The smallest absolute Gasteiger partial charge is 0.475 e. The molecule has 3 N–H and O–H groups in total. The molecule has 2 heterocycles. The number of hydrogen-bond donors (Lipinski definition) is 2. The minimum Gasteiger partial charge on any atom is -0.475 e. The zero-order valence-corrected chi connectivity index (χ0v) is 18.0. The molecule has 3 rings (SSSR count). The van der Waals surface area contributed by atoms with Gasteiger partial charge in [-0.2, -0.15) is 17.5 Å². The molecule has 33 heavy (non-hydrogen) atoms. The molecule has 0 aromatic carbocycles. The molecule has 1 saturated carbocycles. The number of esters is 1. The number of ether oxygens (including phenoxy) is 2. The summed E-state index contributed by atoms with van der Waals surface area (Å²) in [6.45, 7) is 0.557. The molecule has 1 aliphatic carbocycles. The molecule has 0 radical (unpaired) electrons. The molecule has 0 bridgehead atoms. The van der Waals surface area contributed by atoms with Crippen molar-refractivity contribution in [2.75, 3.05) is 33.4 Å². The maximum absolute atomic E-state index is 12.7. The van der Waals surface area contributed by atoms with Gasteiger partial charge in [0.15, 0.2) is 0 Å². The second-order valence-corrected chi connectivity index (χ2v) is 9.03. The normalized spacial score (nSPS) is 22.6. The molecule has 1 aromatic rings. The number of aliphatic carboxylic acids is 1. The van der Waals surface area contributed by atoms with Gasteiger partial charge < -0.3 is 20.3 Å². The van der Waals surface area contributed by atoms with Gasteiger partial charge in [0.1, 0.15) is 11.5 Å². The highest BCUT2D eigenvalue weighted by Crippen LogP contribution is 2.53. The molecule has 184 valence electrons. The van der Waals surface area contributed by atoms with Gasteiger partial charge in [0, 0.05) is 31.3 Å². The van der Waals surface area contributed by atoms with Crippen LogP contribution in [0.4, 0.5) is 17.6 Å². The number of piperidine rings is 1. The van der Waals surface area contributed by atoms with Crippen LogP contribution in [0.2, 0.25) is 0 Å². The van der Waals surface area contributed by atoms with E-state index in [1.54, 1.807) is 0 Å². The van der Waals surface area contributed by atoms with E-state index in [1.807, 2.05) is 0 Å². The van der Waals surface area contributed by atoms with Gasteiger partial charge in [-0.05, 0) is 17.9 Å². The molecule has 0 amide bonds. The largest absolute Gasteiger partial charge is 0.490 e. The van der Waals surface area contributed by atoms with Crippen molar-refractivity contribution in [3.05, 3.63) is 30.2 Å². The first-order valence-electron chi connectivity index (χ1n) is 9.32. The topological polar surface area (TPSA) is 149 Å². The number of methoxy groups -OCH3 is 1. The fraction of sp³-hybridized carbons (Fsp3) is 0.500. The van der Waals surface area contributed by atoms with Crippen molar-refractivity contribution in [1.82, 2.24) is 9.29 Å². The molecule has 2 aliphatic rings. The van der Waals surface area contributed by atoms with Gasteiger partial charge in [0.05, 0.1) is 25.6 Å². The SMILES string of the molecule is COC(=O)C1C2CN(S(=O)(=O)c3ccc(OC/C(=C\F)CN)nc3)CC21.O=C(O)C(F)(F)F. The minimum atomic E-state index is -5.08. The number of sulfonamides is 1. The number of fused-ring (bicyclic) bond motifs is 1. The van der Waals surface area contributed by atoms with Crippen molar-refractivity contribution in [2.24, 2.45) is 23.5 Å². The van der Waals surface area contributed by atoms with E-state index in [2.05, 4.69) is 4.98 Å². The number of pyridine rings is 1. The van der Waals surface area contributed by atoms with Crippen molar-refractivity contribution >= 4 is 22.0 Å². The number of carbonyl (C=O) groups excluding carboxylic acids is 1. The van der Waals surface area contributed by atoms with Crippen molar-refractivity contribution in [3.63, 3.8) is 0 Å². The second kappa shape index (κ2) is 10.4. The summed E-state index contributed by atoms with van der Waals surface area (Å²) in [5.74, 6) is -3.01. The van der Waals surface area contributed by atoms with E-state index in [4.69, 9.17) is 25.1 Å². The Morgan fingerprint density at radius 3 is 2.27 bits per heavy atom. The Balaban J connectivity index is 0.000000479. The van der Waals surface area contributed by atoms with Crippen molar-refractivity contribution < 1.29 is 50.1 Å². The first-order valence-corrected chi connectivity index (χ1v) is 10.8. The summed E-state index contributed by atoms with van der Waals surface area (Å²) in [5, 5.41) is 7.12. The number of rotatable bonds is 7. The predicted molar refractivity (Wildman–Crippen MR) is 103 cm³/mol. The fourth-order valence-corrected chi connectivity index (χ4v) is 4.69. The lowest BCUT2D eigenvalue weighted by Crippen LogP contribution is -2.32. The van der Waals surface area contributed by atoms with Gasteiger partial charge in [0.2, 0.25) is 15.9 Å². The van der Waals surface area contributed by atoms with E-state index in [-0.39, 0.29) is 53.2 Å². The third kappa shape index (κ3) is 6.39. The predicted octanol–water partition coefficient (Wildman–Crippen LogP) is 0.945. The maximum atomic E-state index is 12.7. The number of halogens is 4. The Hall–Kier alpha value is -2.78. The Bertz CT molecular complexity index is 987. The average molecular weight is 499 g/mol. The summed E-state index contributed by atoms with van der Waals surface area (Å²) in [5.41, 5.74) is 5.59. The molecular weight excluding hydrogens is 478 g/mol. The molecule has 1 aromatic heterocycles. The number of hydrogen-bond acceptors (Lipinski definition) is 8. The zero-order chi connectivity index (χ0) is 25.0. The van der Waals surface area contributed by atoms with Crippen LogP contribution in [-0.2, 0) is 24.3 Å². The van der Waals surface area contributed by atoms with Crippen molar-refractivity contribution in [1.29, 1.82) is 0 Å². The van der Waals surface area contributed by atoms with Gasteiger partial charge in [-0.25, -0.2) is 22.6 Å². The molecule has 1 aliphatic heterocycles. The molecule has 15 heteroatoms. The Morgan fingerprint density at radius 1 is 1.30 bits per heavy atom. The highest BCUT2D eigenvalue weighted by Gasteiger charge is 2.62. The van der Waals surface area contributed by atoms with Crippen molar-refractivity contribution in [2.45, 2.75) is 11.1 Å². The zero-order valence-electron chi connectivity index (χ0n) is 17.2. The first-order chi connectivity index (χ1) is 15.4. The number of nitrogens with two attached hydrogens (primary N) is 1. The van der Waals surface area contributed by atoms with Crippen LogP contribution >= 0.6 is 0 Å². The van der Waals surface area contributed by atoms with Crippen LogP contribution in [0.1, 0.15) is 0 Å². The number of aromatic nitrogens is 1. The van der Waals surface area contributed by atoms with Crippen LogP contribution in [0.15, 0.2) is 35.1 Å². The summed E-state index contributed by atoms with van der Waals surface area (Å²) < 4.78 is 80.8. The number of carboxylic acids is 1. The molecule has 10 nitrogen and oxygen atoms in total. The lowest BCUT2D eigenvalue weighted by Gasteiger charge is -2.19. The van der Waals surface area contributed by atoms with Crippen LogP contribution in [0, 0.1) is 17.8 Å². The van der Waals surface area contributed by atoms with Crippen LogP contribution in [0.25, 0.3) is 0 Å². The van der Waals surface area contributed by atoms with E-state index >= 15 is 0 Å². The second-order valence-electron chi connectivity index (χ2n) is 7.09. The van der Waals surface area contributed by atoms with E-state index < -0.39 is 22.2 Å². The maximum Gasteiger partial charge on any atom is 0.490 e. The van der Waals surface area contributed by atoms with Crippen molar-refractivity contribution in [3.8, 4) is 5.88 Å². The van der Waals surface area contributed by atoms with E-state index in [9.17, 15) is 30.8 Å². The lowest BCUT2D eigenvalue weighted by molar-refractivity contribution is -0.192. The van der Waals surface area contributed by atoms with Crippen LogP contribution in [0.5, 0.6) is 5.88 Å². The van der Waals surface area contributed by atoms with Crippen LogP contribution < -0.4 is 10.5 Å². The summed E-state index contributed by atoms with van der Waals surface area (Å²) >= 11 is 0. The fourth-order valence-electron chi connectivity index (χ4n) is 3.23. The molecular formula is C18H21F4N3O7S. The molecule has 2 atom stereocenters. The molecule has 2 unspecified atom stereocenters. The van der Waals surface area contributed by atoms with E-state index in [1.165, 1.54) is 29.7 Å². The quantitative estimate of drug-likeness (QED) is 0.413. The van der Waals surface area contributed by atoms with Crippen LogP contribution in [-0.4, -0.2) is 74.3 Å². The Labute approximate surface area is 186 Å². The van der Waals surface area contributed by atoms with E-state index in [0.29, 0.717) is 19.4 Å². The van der Waals surface area contributed by atoms with Gasteiger partial charge in [-0.15, -0.1) is 0 Å². The summed E-state index contributed by atoms with van der Waals surface area (Å²) in [7, 11) is -2.35. The third-order valence-corrected chi connectivity index (χ3v) is 6.86. The van der Waals surface area contributed by atoms with Gasteiger partial charge in [0.25, 0.3) is 0 Å². The van der Waals surface area contributed by atoms with Gasteiger partial charge in [-0.3, -0.25) is 4.79 Å². The van der Waals surface area contributed by atoms with Gasteiger partial charge >= 0.3 is 18.1 Å². The summed E-state index contributed by atoms with van der Waals surface area (Å²) in [4.78, 5) is 24.4. The van der Waals surface area contributed by atoms with Gasteiger partial charge in [-0.1, -0.05) is 0 Å². The Morgan fingerprint density at radius 2 is 1.88 bits per heavy atom. The number of nitrogens with zero attached hydrogens (tertiary/aromatic N) is 2. The monoisotopic (exact) mass is 499 g/mol. The standard InChI is InChI=1S/C16H20FN3O5S.C2HF3O2/c1-24-16(21)15-12-7-20(8-13(12)15)26(22,23)11-2-3-14(19-6-11)25-9-10(4-17)5-18;3-2(4,5)1(6)7/h2-4,6,12-13,15H,5,7-9,18H2,1H3;(H,6,7)/b10-4-;. The highest BCUT2D eigenvalue weighted by atomic mass is 32.2. The molecule has 0 spiro atoms. The number of carboxylic acid groups (broad SMARTS) is 1. The first kappa shape index (κ1) is 26.5. The summed E-state index contributed by atoms with van der Waals surface area (Å²) in [6.07, 6.45) is -3.51. The molecule has 2 fully saturated rings. The average Bonchev–Trinajstić information content (AvgIpc) is 3.26. The highest BCUT2D eigenvalue weighted by molar-refractivity contribution is 7.89. The summed E-state index contributed by atoms with van der Waals surface area (Å²) in [6, 6.07) is 2.80. The number of carbonyl (C=O) groups is 2. The minimum absolute atomic E-state index is 0.0207. The lowest BCUT2D eigenvalue weighted by atomic mass is 10.3. The molecule has 1 saturated heterocycles. The third-order valence-electron chi connectivity index (χ3n) is 5.05. The Kier molecular flexibility index (Phi) is 8.37.